The van der Waals surface area contributed by atoms with Gasteiger partial charge >= 0.3 is 12.1 Å². The zero-order valence-corrected chi connectivity index (χ0v) is 19.6. The van der Waals surface area contributed by atoms with E-state index in [0.29, 0.717) is 17.3 Å². The molecule has 0 spiro atoms. The molecular weight excluding hydrogens is 500 g/mol. The molecule has 0 saturated heterocycles. The predicted molar refractivity (Wildman–Crippen MR) is 130 cm³/mol. The van der Waals surface area contributed by atoms with E-state index in [1.165, 1.54) is 12.1 Å². The minimum Gasteiger partial charge on any atom is -0.478 e. The Morgan fingerprint density at radius 3 is 2.18 bits per heavy atom. The van der Waals surface area contributed by atoms with Crippen LogP contribution in [0.15, 0.2) is 71.2 Å². The molecule has 3 aromatic rings. The molecule has 0 bridgehead atoms. The van der Waals surface area contributed by atoms with E-state index >= 15 is 0 Å². The summed E-state index contributed by atoms with van der Waals surface area (Å²) in [7, 11) is 0. The van der Waals surface area contributed by atoms with Crippen molar-refractivity contribution in [1.82, 2.24) is 5.32 Å². The number of carbonyl (C=O) groups is 3. The third-order valence-corrected chi connectivity index (χ3v) is 6.82. The van der Waals surface area contributed by atoms with E-state index < -0.39 is 23.5 Å². The van der Waals surface area contributed by atoms with Crippen LogP contribution in [-0.2, 0) is 9.53 Å². The maximum atomic E-state index is 12.9. The third-order valence-electron chi connectivity index (χ3n) is 6.33. The summed E-state index contributed by atoms with van der Waals surface area (Å²) >= 11 is 3.28. The number of anilines is 1. The summed E-state index contributed by atoms with van der Waals surface area (Å²) < 4.78 is 6.19. The zero-order valence-electron chi connectivity index (χ0n) is 18.0. The molecule has 172 valence electrons. The fourth-order valence-corrected chi connectivity index (χ4v) is 4.77. The highest BCUT2D eigenvalue weighted by Gasteiger charge is 2.52. The molecular formula is C26H21BrN2O5. The molecule has 0 aromatic heterocycles. The number of nitrogens with one attached hydrogen (secondary N) is 2. The quantitative estimate of drug-likeness (QED) is 0.416. The minimum absolute atomic E-state index is 0.0338. The lowest BCUT2D eigenvalue weighted by molar-refractivity contribution is -0.119. The first kappa shape index (κ1) is 22.2. The zero-order chi connectivity index (χ0) is 23.9. The number of amides is 2. The summed E-state index contributed by atoms with van der Waals surface area (Å²) in [6, 6.07) is 20.6. The van der Waals surface area contributed by atoms with Crippen molar-refractivity contribution >= 4 is 39.6 Å². The van der Waals surface area contributed by atoms with E-state index in [-0.39, 0.29) is 23.8 Å². The fraction of sp³-hybridized carbons (Fsp3) is 0.192. The van der Waals surface area contributed by atoms with Crippen LogP contribution in [0.2, 0.25) is 0 Å². The summed E-state index contributed by atoms with van der Waals surface area (Å²) in [6.07, 6.45) is 0.209. The molecule has 2 amide bonds. The topological polar surface area (TPSA) is 105 Å². The number of hydrogen-bond acceptors (Lipinski definition) is 4. The average molecular weight is 521 g/mol. The summed E-state index contributed by atoms with van der Waals surface area (Å²) in [5.41, 5.74) is 3.49. The number of carboxylic acids is 1. The van der Waals surface area contributed by atoms with Gasteiger partial charge in [-0.05, 0) is 53.3 Å². The van der Waals surface area contributed by atoms with Crippen molar-refractivity contribution in [2.75, 3.05) is 11.9 Å². The van der Waals surface area contributed by atoms with Crippen molar-refractivity contribution in [1.29, 1.82) is 0 Å². The highest BCUT2D eigenvalue weighted by Crippen LogP contribution is 2.44. The van der Waals surface area contributed by atoms with Crippen LogP contribution in [0.4, 0.5) is 10.5 Å². The number of fused-ring (bicyclic) bond motifs is 3. The van der Waals surface area contributed by atoms with Gasteiger partial charge in [-0.15, -0.1) is 0 Å². The van der Waals surface area contributed by atoms with Crippen molar-refractivity contribution in [3.63, 3.8) is 0 Å². The van der Waals surface area contributed by atoms with Gasteiger partial charge in [0.05, 0.1) is 11.3 Å². The number of ether oxygens (including phenoxy) is 1. The number of rotatable bonds is 6. The third kappa shape index (κ3) is 4.05. The van der Waals surface area contributed by atoms with Crippen LogP contribution < -0.4 is 10.6 Å². The highest BCUT2D eigenvalue weighted by molar-refractivity contribution is 9.10. The van der Waals surface area contributed by atoms with Gasteiger partial charge in [0.2, 0.25) is 5.91 Å². The van der Waals surface area contributed by atoms with E-state index in [1.807, 2.05) is 36.4 Å². The number of carboxylic acid groups (broad SMARTS) is 1. The molecule has 1 fully saturated rings. The summed E-state index contributed by atoms with van der Waals surface area (Å²) in [5, 5.41) is 14.7. The Morgan fingerprint density at radius 1 is 0.971 bits per heavy atom. The normalized spacial score (nSPS) is 15.1. The standard InChI is InChI=1S/C26H21BrN2O5/c27-15-9-10-20(23(30)31)22(13-15)28-24(32)26(11-12-26)29-25(33)34-14-21-18-7-3-1-5-16(18)17-6-2-4-8-19(17)21/h1-10,13,21H,11-12,14H2,(H,28,32)(H,29,33)(H,30,31). The monoisotopic (exact) mass is 520 g/mol. The fourth-order valence-electron chi connectivity index (χ4n) is 4.41. The molecule has 0 heterocycles. The molecule has 0 unspecified atom stereocenters. The van der Waals surface area contributed by atoms with Gasteiger partial charge in [0.1, 0.15) is 12.1 Å². The number of alkyl carbamates (subject to hydrolysis) is 1. The van der Waals surface area contributed by atoms with Crippen LogP contribution in [0.25, 0.3) is 11.1 Å². The van der Waals surface area contributed by atoms with E-state index in [9.17, 15) is 19.5 Å². The van der Waals surface area contributed by atoms with Crippen molar-refractivity contribution < 1.29 is 24.2 Å². The van der Waals surface area contributed by atoms with Gasteiger partial charge in [-0.1, -0.05) is 64.5 Å². The molecule has 2 aliphatic rings. The Labute approximate surface area is 204 Å². The first-order valence-electron chi connectivity index (χ1n) is 10.9. The van der Waals surface area contributed by atoms with Crippen LogP contribution in [0, 0.1) is 0 Å². The number of halogens is 1. The highest BCUT2D eigenvalue weighted by atomic mass is 79.9. The molecule has 0 atom stereocenters. The lowest BCUT2D eigenvalue weighted by atomic mass is 9.98. The van der Waals surface area contributed by atoms with Gasteiger partial charge < -0.3 is 20.5 Å². The lowest BCUT2D eigenvalue weighted by Crippen LogP contribution is -2.46. The van der Waals surface area contributed by atoms with Crippen molar-refractivity contribution in [3.05, 3.63) is 87.9 Å². The smallest absolute Gasteiger partial charge is 0.408 e. The maximum absolute atomic E-state index is 12.9. The SMILES string of the molecule is O=C(NC1(C(=O)Nc2cc(Br)ccc2C(=O)O)CC1)OCC1c2ccccc2-c2ccccc21. The molecule has 0 radical (unpaired) electrons. The van der Waals surface area contributed by atoms with Gasteiger partial charge in [0, 0.05) is 10.4 Å². The van der Waals surface area contributed by atoms with Crippen LogP contribution in [-0.4, -0.2) is 35.2 Å². The Hall–Kier alpha value is -3.65. The minimum atomic E-state index is -1.16. The maximum Gasteiger partial charge on any atom is 0.408 e. The molecule has 7 nitrogen and oxygen atoms in total. The van der Waals surface area contributed by atoms with Gasteiger partial charge in [0.15, 0.2) is 0 Å². The van der Waals surface area contributed by atoms with Crippen LogP contribution >= 0.6 is 15.9 Å². The van der Waals surface area contributed by atoms with Gasteiger partial charge in [0.25, 0.3) is 0 Å². The summed E-state index contributed by atoms with van der Waals surface area (Å²) in [5.74, 6) is -1.71. The van der Waals surface area contributed by atoms with Gasteiger partial charge in [-0.2, -0.15) is 0 Å². The van der Waals surface area contributed by atoms with E-state index in [4.69, 9.17) is 4.74 Å². The van der Waals surface area contributed by atoms with Crippen LogP contribution in [0.3, 0.4) is 0 Å². The van der Waals surface area contributed by atoms with Crippen molar-refractivity contribution in [2.24, 2.45) is 0 Å². The Balaban J connectivity index is 1.26. The molecule has 1 saturated carbocycles. The van der Waals surface area contributed by atoms with Gasteiger partial charge in [-0.25, -0.2) is 9.59 Å². The second-order valence-corrected chi connectivity index (χ2v) is 9.40. The average Bonchev–Trinajstić information content (AvgIpc) is 3.53. The number of benzene rings is 3. The van der Waals surface area contributed by atoms with Crippen LogP contribution in [0.5, 0.6) is 0 Å². The second-order valence-electron chi connectivity index (χ2n) is 8.48. The molecule has 3 aromatic carbocycles. The van der Waals surface area contributed by atoms with E-state index in [0.717, 1.165) is 22.3 Å². The first-order valence-corrected chi connectivity index (χ1v) is 11.6. The largest absolute Gasteiger partial charge is 0.478 e. The van der Waals surface area contributed by atoms with E-state index in [2.05, 4.69) is 38.7 Å². The lowest BCUT2D eigenvalue weighted by Gasteiger charge is -2.19. The van der Waals surface area contributed by atoms with Crippen molar-refractivity contribution in [2.45, 2.75) is 24.3 Å². The number of carbonyl (C=O) groups excluding carboxylic acids is 2. The molecule has 8 heteroatoms. The molecule has 3 N–H and O–H groups in total. The second kappa shape index (κ2) is 8.61. The van der Waals surface area contributed by atoms with Crippen LogP contribution in [0.1, 0.15) is 40.2 Å². The molecule has 5 rings (SSSR count). The summed E-state index contributed by atoms with van der Waals surface area (Å²) in [6.45, 7) is 0.145. The molecule has 34 heavy (non-hydrogen) atoms. The Bertz CT molecular complexity index is 1270. The van der Waals surface area contributed by atoms with E-state index in [1.54, 1.807) is 6.07 Å². The Morgan fingerprint density at radius 2 is 1.59 bits per heavy atom. The van der Waals surface area contributed by atoms with Crippen molar-refractivity contribution in [3.8, 4) is 11.1 Å². The van der Waals surface area contributed by atoms with Gasteiger partial charge in [-0.3, -0.25) is 4.79 Å². The predicted octanol–water partition coefficient (Wildman–Crippen LogP) is 5.16. The number of aromatic carboxylic acids is 1. The first-order chi connectivity index (χ1) is 16.4. The summed E-state index contributed by atoms with van der Waals surface area (Å²) in [4.78, 5) is 37.1. The Kier molecular flexibility index (Phi) is 5.61. The molecule has 2 aliphatic carbocycles. The number of hydrogen-bond donors (Lipinski definition) is 3. The molecule has 0 aliphatic heterocycles.